The number of fused-ring (bicyclic) bond motifs is 3. The summed E-state index contributed by atoms with van der Waals surface area (Å²) >= 11 is 0. The summed E-state index contributed by atoms with van der Waals surface area (Å²) in [7, 11) is 0. The molecule has 2 heteroatoms. The van der Waals surface area contributed by atoms with E-state index in [1.165, 1.54) is 31.4 Å². The molecule has 4 atom stereocenters. The van der Waals surface area contributed by atoms with Crippen molar-refractivity contribution < 1.29 is 4.74 Å². The maximum Gasteiger partial charge on any atom is 0.0788 e. The first kappa shape index (κ1) is 13.1. The highest BCUT2D eigenvalue weighted by Crippen LogP contribution is 2.41. The van der Waals surface area contributed by atoms with Crippen LogP contribution in [-0.2, 0) is 4.74 Å². The molecule has 1 fully saturated rings. The van der Waals surface area contributed by atoms with Gasteiger partial charge < -0.3 is 10.1 Å². The van der Waals surface area contributed by atoms with Gasteiger partial charge in [0.2, 0.25) is 0 Å². The van der Waals surface area contributed by atoms with Crippen molar-refractivity contribution >= 4 is 5.69 Å². The molecule has 0 spiro atoms. The second-order valence-corrected chi connectivity index (χ2v) is 6.46. The summed E-state index contributed by atoms with van der Waals surface area (Å²) in [5.74, 6) is 1.26. The minimum atomic E-state index is 0.406. The van der Waals surface area contributed by atoms with Crippen molar-refractivity contribution in [2.75, 3.05) is 11.9 Å². The van der Waals surface area contributed by atoms with Gasteiger partial charge in [-0.05, 0) is 49.3 Å². The molecule has 1 N–H and O–H groups in total. The smallest absolute Gasteiger partial charge is 0.0788 e. The van der Waals surface area contributed by atoms with Crippen LogP contribution in [0, 0.1) is 11.8 Å². The van der Waals surface area contributed by atoms with E-state index in [9.17, 15) is 0 Å². The molecule has 1 saturated heterocycles. The fourth-order valence-corrected chi connectivity index (χ4v) is 4.02. The molecule has 0 bridgehead atoms. The number of rotatable bonds is 2. The van der Waals surface area contributed by atoms with Gasteiger partial charge in [0, 0.05) is 17.6 Å². The van der Waals surface area contributed by atoms with Crippen LogP contribution < -0.4 is 5.32 Å². The number of nitrogens with one attached hydrogen (secondary N) is 1. The third-order valence-corrected chi connectivity index (χ3v) is 5.08. The zero-order valence-corrected chi connectivity index (χ0v) is 12.4. The summed E-state index contributed by atoms with van der Waals surface area (Å²) < 4.78 is 6.06. The Morgan fingerprint density at radius 1 is 1.10 bits per heavy atom. The topological polar surface area (TPSA) is 21.3 Å². The van der Waals surface area contributed by atoms with Gasteiger partial charge in [-0.25, -0.2) is 0 Å². The van der Waals surface area contributed by atoms with E-state index >= 15 is 0 Å². The summed E-state index contributed by atoms with van der Waals surface area (Å²) in [6, 6.07) is 11.0. The molecule has 2 nitrogen and oxygen atoms in total. The van der Waals surface area contributed by atoms with Crippen LogP contribution in [0.4, 0.5) is 5.69 Å². The minimum Gasteiger partial charge on any atom is -0.379 e. The van der Waals surface area contributed by atoms with Crippen LogP contribution in [0.3, 0.4) is 0 Å². The predicted octanol–water partition coefficient (Wildman–Crippen LogP) is 4.17. The molecule has 0 unspecified atom stereocenters. The number of para-hydroxylation sites is 1. The van der Waals surface area contributed by atoms with Crippen LogP contribution in [0.1, 0.15) is 25.7 Å². The zero-order valence-electron chi connectivity index (χ0n) is 12.4. The quantitative estimate of drug-likeness (QED) is 0.822. The number of anilines is 1. The molecule has 21 heavy (non-hydrogen) atoms. The van der Waals surface area contributed by atoms with Gasteiger partial charge in [0.05, 0.1) is 12.7 Å². The van der Waals surface area contributed by atoms with Crippen LogP contribution in [0.25, 0.3) is 0 Å². The standard InChI is InChI=1S/C19H23NO/c1-2-6-15(7-3-1)20-16-11-10-14-13-21-19-9-5-4-8-17(19)18(14)12-16/h1-3,6-8,10-11,14,16,18-20H,4-5,9,12-13H2/t14-,16+,18-,19-/m1/s1. The second kappa shape index (κ2) is 5.69. The third-order valence-electron chi connectivity index (χ3n) is 5.08. The van der Waals surface area contributed by atoms with Crippen LogP contribution >= 0.6 is 0 Å². The van der Waals surface area contributed by atoms with Crippen LogP contribution in [0.2, 0.25) is 0 Å². The fourth-order valence-electron chi connectivity index (χ4n) is 4.02. The Hall–Kier alpha value is -1.54. The molecule has 110 valence electrons. The van der Waals surface area contributed by atoms with Gasteiger partial charge in [-0.1, -0.05) is 36.4 Å². The van der Waals surface area contributed by atoms with Gasteiger partial charge in [-0.2, -0.15) is 0 Å². The third kappa shape index (κ3) is 2.65. The molecule has 4 rings (SSSR count). The van der Waals surface area contributed by atoms with Crippen molar-refractivity contribution in [1.82, 2.24) is 0 Å². The van der Waals surface area contributed by atoms with E-state index in [2.05, 4.69) is 53.9 Å². The molecule has 0 aromatic heterocycles. The highest BCUT2D eigenvalue weighted by atomic mass is 16.5. The first-order valence-electron chi connectivity index (χ1n) is 8.21. The Kier molecular flexibility index (Phi) is 3.56. The molecule has 3 aliphatic rings. The molecular weight excluding hydrogens is 258 g/mol. The molecule has 1 aromatic rings. The summed E-state index contributed by atoms with van der Waals surface area (Å²) in [5.41, 5.74) is 2.80. The second-order valence-electron chi connectivity index (χ2n) is 6.46. The van der Waals surface area contributed by atoms with Gasteiger partial charge in [0.15, 0.2) is 0 Å². The van der Waals surface area contributed by atoms with E-state index in [0.29, 0.717) is 24.0 Å². The summed E-state index contributed by atoms with van der Waals surface area (Å²) in [4.78, 5) is 0. The molecule has 1 heterocycles. The molecule has 0 saturated carbocycles. The van der Waals surface area contributed by atoms with Crippen LogP contribution in [-0.4, -0.2) is 18.8 Å². The molecule has 2 aliphatic carbocycles. The lowest BCUT2D eigenvalue weighted by Crippen LogP contribution is -2.41. The van der Waals surface area contributed by atoms with E-state index in [0.717, 1.165) is 6.61 Å². The summed E-state index contributed by atoms with van der Waals surface area (Å²) in [6.45, 7) is 0.904. The SMILES string of the molecule is C1=C[C@H](Nc2ccccc2)C[C@H]2C3=CCCC[C@H]3OC[C@@H]12. The summed E-state index contributed by atoms with van der Waals surface area (Å²) in [5, 5.41) is 3.65. The Balaban J connectivity index is 1.52. The largest absolute Gasteiger partial charge is 0.379 e. The van der Waals surface area contributed by atoms with Crippen LogP contribution in [0.5, 0.6) is 0 Å². The van der Waals surface area contributed by atoms with E-state index in [1.54, 1.807) is 5.57 Å². The predicted molar refractivity (Wildman–Crippen MR) is 86.3 cm³/mol. The fraction of sp³-hybridized carbons (Fsp3) is 0.474. The summed E-state index contributed by atoms with van der Waals surface area (Å²) in [6.07, 6.45) is 12.5. The lowest BCUT2D eigenvalue weighted by molar-refractivity contribution is -0.00174. The first-order valence-corrected chi connectivity index (χ1v) is 8.21. The lowest BCUT2D eigenvalue weighted by atomic mass is 9.72. The van der Waals surface area contributed by atoms with Gasteiger partial charge in [-0.3, -0.25) is 0 Å². The number of ether oxygens (including phenoxy) is 1. The Bertz CT molecular complexity index is 548. The highest BCUT2D eigenvalue weighted by molar-refractivity contribution is 5.45. The number of hydrogen-bond acceptors (Lipinski definition) is 2. The van der Waals surface area contributed by atoms with E-state index in [1.807, 2.05) is 0 Å². The first-order chi connectivity index (χ1) is 10.4. The maximum atomic E-state index is 6.06. The lowest BCUT2D eigenvalue weighted by Gasteiger charge is -2.43. The van der Waals surface area contributed by atoms with Gasteiger partial charge >= 0.3 is 0 Å². The normalized spacial score (nSPS) is 34.6. The molecular formula is C19H23NO. The maximum absolute atomic E-state index is 6.06. The number of benzene rings is 1. The number of hydrogen-bond donors (Lipinski definition) is 1. The van der Waals surface area contributed by atoms with Crippen molar-refractivity contribution in [3.63, 3.8) is 0 Å². The van der Waals surface area contributed by atoms with Gasteiger partial charge in [-0.15, -0.1) is 0 Å². The zero-order chi connectivity index (χ0) is 14.1. The average molecular weight is 281 g/mol. The molecule has 0 amide bonds. The van der Waals surface area contributed by atoms with Gasteiger partial charge in [0.25, 0.3) is 0 Å². The van der Waals surface area contributed by atoms with Crippen molar-refractivity contribution in [2.24, 2.45) is 11.8 Å². The van der Waals surface area contributed by atoms with Gasteiger partial charge in [0.1, 0.15) is 0 Å². The highest BCUT2D eigenvalue weighted by Gasteiger charge is 2.38. The van der Waals surface area contributed by atoms with Crippen molar-refractivity contribution in [2.45, 2.75) is 37.8 Å². The van der Waals surface area contributed by atoms with E-state index in [-0.39, 0.29) is 0 Å². The monoisotopic (exact) mass is 281 g/mol. The number of allylic oxidation sites excluding steroid dienone is 1. The Labute approximate surface area is 126 Å². The Morgan fingerprint density at radius 2 is 2.00 bits per heavy atom. The van der Waals surface area contributed by atoms with Crippen LogP contribution in [0.15, 0.2) is 54.1 Å². The van der Waals surface area contributed by atoms with E-state index in [4.69, 9.17) is 4.74 Å². The van der Waals surface area contributed by atoms with Crippen molar-refractivity contribution in [1.29, 1.82) is 0 Å². The molecule has 0 radical (unpaired) electrons. The minimum absolute atomic E-state index is 0.406. The van der Waals surface area contributed by atoms with Crippen molar-refractivity contribution in [3.8, 4) is 0 Å². The Morgan fingerprint density at radius 3 is 2.90 bits per heavy atom. The van der Waals surface area contributed by atoms with E-state index < -0.39 is 0 Å². The molecule has 1 aliphatic heterocycles. The average Bonchev–Trinajstić information content (AvgIpc) is 2.56. The molecule has 1 aromatic carbocycles. The van der Waals surface area contributed by atoms with Crippen molar-refractivity contribution in [3.05, 3.63) is 54.1 Å².